The molecule has 6 nitrogen and oxygen atoms in total. The first kappa shape index (κ1) is 22.4. The number of nitrogens with zero attached hydrogens (tertiary/aromatic N) is 2. The summed E-state index contributed by atoms with van der Waals surface area (Å²) in [5, 5.41) is 3.17. The van der Waals surface area contributed by atoms with Gasteiger partial charge in [0.15, 0.2) is 5.96 Å². The molecule has 0 aromatic rings. The van der Waals surface area contributed by atoms with Gasteiger partial charge in [-0.25, -0.2) is 0 Å². The van der Waals surface area contributed by atoms with Gasteiger partial charge in [-0.3, -0.25) is 14.7 Å². The SMILES string of the molecule is CCN1CCCC1CN=C(N)NCCCCCCC(=O)OC.I. The Morgan fingerprint density at radius 2 is 2.09 bits per heavy atom. The number of likely N-dealkylation sites (tertiary alicyclic amines) is 1. The predicted octanol–water partition coefficient (Wildman–Crippen LogP) is 2.12. The lowest BCUT2D eigenvalue weighted by Crippen LogP contribution is -2.36. The molecule has 1 aliphatic rings. The maximum Gasteiger partial charge on any atom is 0.305 e. The average molecular weight is 440 g/mol. The number of nitrogens with two attached hydrogens (primary N) is 1. The van der Waals surface area contributed by atoms with Gasteiger partial charge in [0, 0.05) is 19.0 Å². The Hall–Kier alpha value is -0.570. The first-order chi connectivity index (χ1) is 10.7. The van der Waals surface area contributed by atoms with Crippen molar-refractivity contribution >= 4 is 35.9 Å². The number of hydrogen-bond donors (Lipinski definition) is 2. The van der Waals surface area contributed by atoms with E-state index in [4.69, 9.17) is 5.73 Å². The number of likely N-dealkylation sites (N-methyl/N-ethyl adjacent to an activating group) is 1. The van der Waals surface area contributed by atoms with Crippen LogP contribution in [0.2, 0.25) is 0 Å². The second kappa shape index (κ2) is 13.8. The van der Waals surface area contributed by atoms with Gasteiger partial charge in [-0.15, -0.1) is 24.0 Å². The second-order valence-electron chi connectivity index (χ2n) is 5.82. The predicted molar refractivity (Wildman–Crippen MR) is 105 cm³/mol. The van der Waals surface area contributed by atoms with Crippen LogP contribution in [0.15, 0.2) is 4.99 Å². The number of halogens is 1. The molecule has 23 heavy (non-hydrogen) atoms. The van der Waals surface area contributed by atoms with Gasteiger partial charge in [0.25, 0.3) is 0 Å². The number of aliphatic imine (C=N–C) groups is 1. The Bertz CT molecular complexity index is 353. The number of ether oxygens (including phenoxy) is 1. The van der Waals surface area contributed by atoms with Gasteiger partial charge >= 0.3 is 5.97 Å². The molecule has 1 fully saturated rings. The van der Waals surface area contributed by atoms with Crippen LogP contribution >= 0.6 is 24.0 Å². The van der Waals surface area contributed by atoms with E-state index in [1.165, 1.54) is 26.5 Å². The van der Waals surface area contributed by atoms with Crippen molar-refractivity contribution in [3.8, 4) is 0 Å². The number of guanidine groups is 1. The standard InChI is InChI=1S/C16H32N4O2.HI/c1-3-20-12-8-9-14(20)13-19-16(17)18-11-7-5-4-6-10-15(21)22-2;/h14H,3-13H2,1-2H3,(H3,17,18,19);1H. The number of methoxy groups -OCH3 is 1. The summed E-state index contributed by atoms with van der Waals surface area (Å²) in [6, 6.07) is 0.559. The van der Waals surface area contributed by atoms with Crippen LogP contribution in [0.3, 0.4) is 0 Å². The summed E-state index contributed by atoms with van der Waals surface area (Å²) in [6.45, 7) is 6.13. The fourth-order valence-electron chi connectivity index (χ4n) is 2.84. The maximum atomic E-state index is 10.9. The van der Waals surface area contributed by atoms with Crippen molar-refractivity contribution in [3.63, 3.8) is 0 Å². The minimum absolute atomic E-state index is 0. The van der Waals surface area contributed by atoms with Crippen LogP contribution in [0, 0.1) is 0 Å². The zero-order valence-electron chi connectivity index (χ0n) is 14.6. The van der Waals surface area contributed by atoms with Crippen molar-refractivity contribution < 1.29 is 9.53 Å². The van der Waals surface area contributed by atoms with Crippen LogP contribution in [-0.4, -0.2) is 56.2 Å². The van der Waals surface area contributed by atoms with Crippen LogP contribution in [0.5, 0.6) is 0 Å². The number of carbonyl (C=O) groups is 1. The van der Waals surface area contributed by atoms with E-state index < -0.39 is 0 Å². The molecular weight excluding hydrogens is 407 g/mol. The molecule has 0 amide bonds. The van der Waals surface area contributed by atoms with E-state index >= 15 is 0 Å². The molecule has 0 aliphatic carbocycles. The van der Waals surface area contributed by atoms with Crippen LogP contribution in [-0.2, 0) is 9.53 Å². The molecular formula is C16H33IN4O2. The molecule has 3 N–H and O–H groups in total. The van der Waals surface area contributed by atoms with E-state index in [9.17, 15) is 4.79 Å². The Balaban J connectivity index is 0.00000484. The summed E-state index contributed by atoms with van der Waals surface area (Å²) in [5.74, 6) is 0.431. The number of esters is 1. The zero-order chi connectivity index (χ0) is 16.2. The van der Waals surface area contributed by atoms with E-state index in [-0.39, 0.29) is 29.9 Å². The highest BCUT2D eigenvalue weighted by molar-refractivity contribution is 14.0. The summed E-state index contributed by atoms with van der Waals surface area (Å²) in [6.07, 6.45) is 7.08. The Morgan fingerprint density at radius 1 is 1.35 bits per heavy atom. The van der Waals surface area contributed by atoms with E-state index in [2.05, 4.69) is 26.9 Å². The van der Waals surface area contributed by atoms with Crippen molar-refractivity contribution in [2.75, 3.05) is 33.3 Å². The van der Waals surface area contributed by atoms with Crippen molar-refractivity contribution in [1.82, 2.24) is 10.2 Å². The topological polar surface area (TPSA) is 80.0 Å². The summed E-state index contributed by atoms with van der Waals surface area (Å²) in [5.41, 5.74) is 5.90. The Kier molecular flexibility index (Phi) is 13.5. The lowest BCUT2D eigenvalue weighted by Gasteiger charge is -2.20. The third-order valence-corrected chi connectivity index (χ3v) is 4.22. The number of rotatable bonds is 10. The summed E-state index contributed by atoms with van der Waals surface area (Å²) >= 11 is 0. The summed E-state index contributed by atoms with van der Waals surface area (Å²) in [4.78, 5) is 17.9. The highest BCUT2D eigenvalue weighted by atomic mass is 127. The molecule has 136 valence electrons. The van der Waals surface area contributed by atoms with Gasteiger partial charge in [-0.1, -0.05) is 19.8 Å². The summed E-state index contributed by atoms with van der Waals surface area (Å²) in [7, 11) is 1.43. The van der Waals surface area contributed by atoms with Gasteiger partial charge in [-0.05, 0) is 38.8 Å². The molecule has 1 atom stereocenters. The first-order valence-electron chi connectivity index (χ1n) is 8.52. The van der Waals surface area contributed by atoms with Gasteiger partial charge in [-0.2, -0.15) is 0 Å². The molecule has 0 saturated carbocycles. The molecule has 1 saturated heterocycles. The summed E-state index contributed by atoms with van der Waals surface area (Å²) < 4.78 is 4.61. The molecule has 1 heterocycles. The maximum absolute atomic E-state index is 10.9. The number of hydrogen-bond acceptors (Lipinski definition) is 4. The quantitative estimate of drug-likeness (QED) is 0.179. The van der Waals surface area contributed by atoms with Crippen molar-refractivity contribution in [2.45, 2.75) is 57.9 Å². The lowest BCUT2D eigenvalue weighted by molar-refractivity contribution is -0.140. The van der Waals surface area contributed by atoms with Crippen molar-refractivity contribution in [3.05, 3.63) is 0 Å². The first-order valence-corrected chi connectivity index (χ1v) is 8.52. The molecule has 0 radical (unpaired) electrons. The van der Waals surface area contributed by atoms with Crippen molar-refractivity contribution in [2.24, 2.45) is 10.7 Å². The Morgan fingerprint density at radius 3 is 2.78 bits per heavy atom. The monoisotopic (exact) mass is 440 g/mol. The van der Waals surface area contributed by atoms with E-state index in [0.717, 1.165) is 45.3 Å². The molecule has 1 aliphatic heterocycles. The minimum Gasteiger partial charge on any atom is -0.469 e. The largest absolute Gasteiger partial charge is 0.469 e. The molecule has 0 aromatic heterocycles. The number of unbranched alkanes of at least 4 members (excludes halogenated alkanes) is 3. The molecule has 0 aromatic carbocycles. The normalized spacial score (nSPS) is 18.5. The van der Waals surface area contributed by atoms with Crippen molar-refractivity contribution in [1.29, 1.82) is 0 Å². The third kappa shape index (κ3) is 10.0. The van der Waals surface area contributed by atoms with Crippen LogP contribution in [0.1, 0.15) is 51.9 Å². The highest BCUT2D eigenvalue weighted by Crippen LogP contribution is 2.16. The van der Waals surface area contributed by atoms with E-state index in [0.29, 0.717) is 18.4 Å². The fourth-order valence-corrected chi connectivity index (χ4v) is 2.84. The van der Waals surface area contributed by atoms with Crippen LogP contribution in [0.25, 0.3) is 0 Å². The molecule has 0 bridgehead atoms. The number of nitrogens with one attached hydrogen (secondary N) is 1. The molecule has 1 unspecified atom stereocenters. The van der Waals surface area contributed by atoms with E-state index in [1.54, 1.807) is 0 Å². The second-order valence-corrected chi connectivity index (χ2v) is 5.82. The molecule has 7 heteroatoms. The minimum atomic E-state index is -0.123. The number of carbonyl (C=O) groups excluding carboxylic acids is 1. The van der Waals surface area contributed by atoms with Gasteiger partial charge in [0.2, 0.25) is 0 Å². The lowest BCUT2D eigenvalue weighted by atomic mass is 10.1. The third-order valence-electron chi connectivity index (χ3n) is 4.22. The van der Waals surface area contributed by atoms with Gasteiger partial charge in [0.1, 0.15) is 0 Å². The Labute approximate surface area is 157 Å². The van der Waals surface area contributed by atoms with Crippen LogP contribution in [0.4, 0.5) is 0 Å². The zero-order valence-corrected chi connectivity index (χ0v) is 16.9. The molecule has 0 spiro atoms. The average Bonchev–Trinajstić information content (AvgIpc) is 2.99. The van der Waals surface area contributed by atoms with Crippen LogP contribution < -0.4 is 11.1 Å². The smallest absolute Gasteiger partial charge is 0.305 e. The van der Waals surface area contributed by atoms with E-state index in [1.807, 2.05) is 0 Å². The highest BCUT2D eigenvalue weighted by Gasteiger charge is 2.22. The van der Waals surface area contributed by atoms with Gasteiger partial charge < -0.3 is 15.8 Å². The fraction of sp³-hybridized carbons (Fsp3) is 0.875. The van der Waals surface area contributed by atoms with Gasteiger partial charge in [0.05, 0.1) is 13.7 Å². The molecule has 1 rings (SSSR count).